The van der Waals surface area contributed by atoms with Crippen LogP contribution in [-0.4, -0.2) is 40.1 Å². The Hall–Kier alpha value is -2.31. The summed E-state index contributed by atoms with van der Waals surface area (Å²) >= 11 is 0. The molecule has 0 amide bonds. The van der Waals surface area contributed by atoms with Gasteiger partial charge in [0, 0.05) is 37.6 Å². The SMILES string of the molecule is CN(CCc1ccncc1)CC(O)c1ccc([N+](=O)[O-])cc1. The molecule has 22 heavy (non-hydrogen) atoms. The minimum Gasteiger partial charge on any atom is -0.387 e. The van der Waals surface area contributed by atoms with E-state index in [9.17, 15) is 15.2 Å². The number of aliphatic hydroxyl groups excluding tert-OH is 1. The summed E-state index contributed by atoms with van der Waals surface area (Å²) in [5.74, 6) is 0. The van der Waals surface area contributed by atoms with Gasteiger partial charge in [0.25, 0.3) is 5.69 Å². The monoisotopic (exact) mass is 301 g/mol. The Balaban J connectivity index is 1.85. The molecule has 0 fully saturated rings. The molecule has 2 aromatic rings. The maximum atomic E-state index is 10.6. The van der Waals surface area contributed by atoms with E-state index in [1.54, 1.807) is 24.5 Å². The predicted molar refractivity (Wildman–Crippen MR) is 83.5 cm³/mol. The molecule has 6 nitrogen and oxygen atoms in total. The Kier molecular flexibility index (Phi) is 5.57. The van der Waals surface area contributed by atoms with Crippen LogP contribution >= 0.6 is 0 Å². The second kappa shape index (κ2) is 7.63. The third-order valence-electron chi connectivity index (χ3n) is 3.50. The summed E-state index contributed by atoms with van der Waals surface area (Å²) in [4.78, 5) is 16.2. The van der Waals surface area contributed by atoms with Crippen molar-refractivity contribution in [3.8, 4) is 0 Å². The molecule has 0 radical (unpaired) electrons. The highest BCUT2D eigenvalue weighted by molar-refractivity contribution is 5.33. The molecule has 1 atom stereocenters. The van der Waals surface area contributed by atoms with Gasteiger partial charge in [0.2, 0.25) is 0 Å². The Bertz CT molecular complexity index is 602. The molecule has 0 aliphatic heterocycles. The number of nitro benzene ring substituents is 1. The molecule has 0 spiro atoms. The van der Waals surface area contributed by atoms with E-state index in [2.05, 4.69) is 4.98 Å². The van der Waals surface area contributed by atoms with E-state index >= 15 is 0 Å². The van der Waals surface area contributed by atoms with Gasteiger partial charge in [0.05, 0.1) is 11.0 Å². The Morgan fingerprint density at radius 1 is 1.23 bits per heavy atom. The second-order valence-electron chi connectivity index (χ2n) is 5.23. The third-order valence-corrected chi connectivity index (χ3v) is 3.50. The normalized spacial score (nSPS) is 12.3. The highest BCUT2D eigenvalue weighted by Gasteiger charge is 2.12. The first-order valence-electron chi connectivity index (χ1n) is 7.06. The van der Waals surface area contributed by atoms with Crippen molar-refractivity contribution in [3.05, 3.63) is 70.0 Å². The number of pyridine rings is 1. The molecule has 1 N–H and O–H groups in total. The fourth-order valence-electron chi connectivity index (χ4n) is 2.18. The topological polar surface area (TPSA) is 79.5 Å². The van der Waals surface area contributed by atoms with Gasteiger partial charge in [-0.25, -0.2) is 0 Å². The molecule has 116 valence electrons. The Labute approximate surface area is 129 Å². The van der Waals surface area contributed by atoms with E-state index in [-0.39, 0.29) is 5.69 Å². The number of aromatic nitrogens is 1. The number of hydrogen-bond donors (Lipinski definition) is 1. The molecule has 1 heterocycles. The molecule has 0 saturated heterocycles. The van der Waals surface area contributed by atoms with Crippen LogP contribution in [0.5, 0.6) is 0 Å². The highest BCUT2D eigenvalue weighted by atomic mass is 16.6. The van der Waals surface area contributed by atoms with Crippen molar-refractivity contribution in [1.29, 1.82) is 0 Å². The van der Waals surface area contributed by atoms with Crippen LogP contribution in [0.15, 0.2) is 48.8 Å². The predicted octanol–water partition coefficient (Wildman–Crippen LogP) is 2.20. The first kappa shape index (κ1) is 16.1. The summed E-state index contributed by atoms with van der Waals surface area (Å²) in [6.45, 7) is 1.29. The van der Waals surface area contributed by atoms with Crippen LogP contribution < -0.4 is 0 Å². The van der Waals surface area contributed by atoms with Gasteiger partial charge < -0.3 is 10.0 Å². The van der Waals surface area contributed by atoms with Crippen molar-refractivity contribution >= 4 is 5.69 Å². The molecule has 6 heteroatoms. The minimum atomic E-state index is -0.664. The lowest BCUT2D eigenvalue weighted by atomic mass is 10.1. The summed E-state index contributed by atoms with van der Waals surface area (Å²) in [7, 11) is 1.94. The van der Waals surface area contributed by atoms with Gasteiger partial charge in [0.15, 0.2) is 0 Å². The van der Waals surface area contributed by atoms with Crippen molar-refractivity contribution in [2.24, 2.45) is 0 Å². The molecule has 0 bridgehead atoms. The van der Waals surface area contributed by atoms with Crippen LogP contribution in [0.3, 0.4) is 0 Å². The lowest BCUT2D eigenvalue weighted by Gasteiger charge is -2.20. The van der Waals surface area contributed by atoms with E-state index in [1.807, 2.05) is 24.1 Å². The average Bonchev–Trinajstić information content (AvgIpc) is 2.54. The van der Waals surface area contributed by atoms with Gasteiger partial charge >= 0.3 is 0 Å². The van der Waals surface area contributed by atoms with Gasteiger partial charge in [-0.1, -0.05) is 0 Å². The molecule has 0 aliphatic rings. The van der Waals surface area contributed by atoms with Gasteiger partial charge in [-0.2, -0.15) is 0 Å². The average molecular weight is 301 g/mol. The van der Waals surface area contributed by atoms with Gasteiger partial charge in [-0.3, -0.25) is 15.1 Å². The zero-order valence-corrected chi connectivity index (χ0v) is 12.4. The molecule has 2 rings (SSSR count). The van der Waals surface area contributed by atoms with Crippen LogP contribution in [0.4, 0.5) is 5.69 Å². The fourth-order valence-corrected chi connectivity index (χ4v) is 2.18. The first-order valence-corrected chi connectivity index (χ1v) is 7.06. The van der Waals surface area contributed by atoms with Crippen molar-refractivity contribution in [2.75, 3.05) is 20.1 Å². The number of nitro groups is 1. The molecular formula is C16H19N3O3. The van der Waals surface area contributed by atoms with Gasteiger partial charge in [-0.05, 0) is 48.9 Å². The summed E-state index contributed by atoms with van der Waals surface area (Å²) in [5, 5.41) is 20.8. The van der Waals surface area contributed by atoms with E-state index < -0.39 is 11.0 Å². The summed E-state index contributed by atoms with van der Waals surface area (Å²) in [6.07, 6.45) is 3.75. The van der Waals surface area contributed by atoms with Crippen LogP contribution in [0.2, 0.25) is 0 Å². The number of likely N-dealkylation sites (N-methyl/N-ethyl adjacent to an activating group) is 1. The minimum absolute atomic E-state index is 0.0296. The van der Waals surface area contributed by atoms with Crippen molar-refractivity contribution in [2.45, 2.75) is 12.5 Å². The van der Waals surface area contributed by atoms with Crippen LogP contribution in [-0.2, 0) is 6.42 Å². The number of non-ortho nitro benzene ring substituents is 1. The maximum absolute atomic E-state index is 10.6. The van der Waals surface area contributed by atoms with E-state index in [4.69, 9.17) is 0 Å². The Morgan fingerprint density at radius 3 is 2.45 bits per heavy atom. The van der Waals surface area contributed by atoms with E-state index in [0.717, 1.165) is 13.0 Å². The van der Waals surface area contributed by atoms with Crippen molar-refractivity contribution < 1.29 is 10.0 Å². The largest absolute Gasteiger partial charge is 0.387 e. The number of hydrogen-bond acceptors (Lipinski definition) is 5. The highest BCUT2D eigenvalue weighted by Crippen LogP contribution is 2.18. The lowest BCUT2D eigenvalue weighted by molar-refractivity contribution is -0.384. The van der Waals surface area contributed by atoms with Gasteiger partial charge in [-0.15, -0.1) is 0 Å². The number of aliphatic hydroxyl groups is 1. The molecular weight excluding hydrogens is 282 g/mol. The summed E-state index contributed by atoms with van der Waals surface area (Å²) < 4.78 is 0. The third kappa shape index (κ3) is 4.61. The van der Waals surface area contributed by atoms with Crippen LogP contribution in [0.1, 0.15) is 17.2 Å². The lowest BCUT2D eigenvalue weighted by Crippen LogP contribution is -2.26. The second-order valence-corrected chi connectivity index (χ2v) is 5.23. The van der Waals surface area contributed by atoms with Crippen LogP contribution in [0.25, 0.3) is 0 Å². The quantitative estimate of drug-likeness (QED) is 0.626. The zero-order valence-electron chi connectivity index (χ0n) is 12.4. The van der Waals surface area contributed by atoms with E-state index in [0.29, 0.717) is 12.1 Å². The van der Waals surface area contributed by atoms with Crippen LogP contribution in [0, 0.1) is 10.1 Å². The maximum Gasteiger partial charge on any atom is 0.269 e. The molecule has 1 unspecified atom stereocenters. The first-order chi connectivity index (χ1) is 10.6. The molecule has 1 aromatic heterocycles. The standard InChI is InChI=1S/C16H19N3O3/c1-18(11-8-13-6-9-17-10-7-13)12-16(20)14-2-4-15(5-3-14)19(21)22/h2-7,9-10,16,20H,8,11-12H2,1H3. The molecule has 0 saturated carbocycles. The number of nitrogens with zero attached hydrogens (tertiary/aromatic N) is 3. The zero-order chi connectivity index (χ0) is 15.9. The van der Waals surface area contributed by atoms with Gasteiger partial charge in [0.1, 0.15) is 0 Å². The van der Waals surface area contributed by atoms with Crippen molar-refractivity contribution in [3.63, 3.8) is 0 Å². The van der Waals surface area contributed by atoms with Crippen molar-refractivity contribution in [1.82, 2.24) is 9.88 Å². The molecule has 1 aromatic carbocycles. The summed E-state index contributed by atoms with van der Waals surface area (Å²) in [5.41, 5.74) is 1.91. The smallest absolute Gasteiger partial charge is 0.269 e. The number of rotatable bonds is 7. The summed E-state index contributed by atoms with van der Waals surface area (Å²) in [6, 6.07) is 9.96. The van der Waals surface area contributed by atoms with E-state index in [1.165, 1.54) is 17.7 Å². The number of benzene rings is 1. The fraction of sp³-hybridized carbons (Fsp3) is 0.312. The molecule has 0 aliphatic carbocycles. The Morgan fingerprint density at radius 2 is 1.86 bits per heavy atom.